The maximum atomic E-state index is 12.1. The number of nitrogens with one attached hydrogen (secondary N) is 2. The number of aromatic amines is 1. The number of ether oxygens (including phenoxy) is 1. The molecular weight excluding hydrogens is 384 g/mol. The molecular formula is C17H16N6O4S. The number of alkyl carbamates (subject to hydrolysis) is 1. The predicted molar refractivity (Wildman–Crippen MR) is 98.2 cm³/mol. The first-order valence-electron chi connectivity index (χ1n) is 8.31. The van der Waals surface area contributed by atoms with Crippen molar-refractivity contribution >= 4 is 16.1 Å². The van der Waals surface area contributed by atoms with E-state index >= 15 is 0 Å². The lowest BCUT2D eigenvalue weighted by Crippen LogP contribution is -2.23. The van der Waals surface area contributed by atoms with E-state index in [0.717, 1.165) is 11.1 Å². The lowest BCUT2D eigenvalue weighted by atomic mass is 9.96. The van der Waals surface area contributed by atoms with E-state index in [4.69, 9.17) is 9.88 Å². The Balaban J connectivity index is 1.81. The first-order valence-corrected chi connectivity index (χ1v) is 9.86. The number of primary sulfonamides is 1. The van der Waals surface area contributed by atoms with Crippen LogP contribution in [0.4, 0.5) is 4.79 Å². The maximum absolute atomic E-state index is 12.1. The Morgan fingerprint density at radius 3 is 2.46 bits per heavy atom. The van der Waals surface area contributed by atoms with Crippen molar-refractivity contribution in [3.63, 3.8) is 0 Å². The molecule has 11 heteroatoms. The predicted octanol–water partition coefficient (Wildman–Crippen LogP) is 1.35. The van der Waals surface area contributed by atoms with Crippen LogP contribution in [0.1, 0.15) is 18.6 Å². The van der Waals surface area contributed by atoms with Gasteiger partial charge in [-0.25, -0.2) is 18.4 Å². The van der Waals surface area contributed by atoms with Gasteiger partial charge in [0.1, 0.15) is 6.10 Å². The van der Waals surface area contributed by atoms with Gasteiger partial charge in [-0.3, -0.25) is 0 Å². The summed E-state index contributed by atoms with van der Waals surface area (Å²) in [5.74, 6) is 0.117. The molecule has 2 heterocycles. The zero-order chi connectivity index (χ0) is 19.9. The van der Waals surface area contributed by atoms with Crippen molar-refractivity contribution < 1.29 is 17.9 Å². The summed E-state index contributed by atoms with van der Waals surface area (Å²) in [7, 11) is -4.01. The summed E-state index contributed by atoms with van der Waals surface area (Å²) in [5, 5.41) is 21.7. The van der Waals surface area contributed by atoms with Gasteiger partial charge in [0.15, 0.2) is 0 Å². The van der Waals surface area contributed by atoms with E-state index in [0.29, 0.717) is 5.56 Å². The fourth-order valence-electron chi connectivity index (χ4n) is 3.23. The smallest absolute Gasteiger partial charge is 0.408 e. The summed E-state index contributed by atoms with van der Waals surface area (Å²) in [6.07, 6.45) is -0.851. The monoisotopic (exact) mass is 400 g/mol. The van der Waals surface area contributed by atoms with Crippen LogP contribution in [-0.2, 0) is 14.8 Å². The van der Waals surface area contributed by atoms with Crippen LogP contribution in [0, 0.1) is 0 Å². The highest BCUT2D eigenvalue weighted by atomic mass is 32.2. The van der Waals surface area contributed by atoms with Crippen molar-refractivity contribution in [3.05, 3.63) is 48.0 Å². The Morgan fingerprint density at radius 2 is 1.89 bits per heavy atom. The van der Waals surface area contributed by atoms with Crippen LogP contribution >= 0.6 is 0 Å². The van der Waals surface area contributed by atoms with Gasteiger partial charge in [-0.1, -0.05) is 36.4 Å². The number of amides is 1. The van der Waals surface area contributed by atoms with Crippen LogP contribution in [0.25, 0.3) is 22.5 Å². The minimum absolute atomic E-state index is 0.0991. The van der Waals surface area contributed by atoms with Crippen LogP contribution in [0.2, 0.25) is 0 Å². The number of aromatic nitrogens is 4. The molecule has 0 spiro atoms. The molecule has 1 amide bonds. The highest BCUT2D eigenvalue weighted by Gasteiger charge is 2.31. The molecule has 2 aromatic carbocycles. The van der Waals surface area contributed by atoms with E-state index in [-0.39, 0.29) is 22.3 Å². The average molecular weight is 400 g/mol. The highest BCUT2D eigenvalue weighted by Crippen LogP contribution is 2.36. The third-order valence-corrected chi connectivity index (χ3v) is 5.44. The number of carbonyl (C=O) groups is 1. The molecule has 144 valence electrons. The van der Waals surface area contributed by atoms with Gasteiger partial charge in [0.25, 0.3) is 0 Å². The summed E-state index contributed by atoms with van der Waals surface area (Å²) >= 11 is 0. The summed E-state index contributed by atoms with van der Waals surface area (Å²) < 4.78 is 29.4. The largest absolute Gasteiger partial charge is 0.439 e. The Labute approximate surface area is 160 Å². The number of nitrogens with two attached hydrogens (primary N) is 1. The minimum atomic E-state index is -4.01. The third kappa shape index (κ3) is 3.21. The molecule has 1 aliphatic heterocycles. The minimum Gasteiger partial charge on any atom is -0.439 e. The topological polar surface area (TPSA) is 153 Å². The molecule has 1 aliphatic rings. The molecule has 4 rings (SSSR count). The summed E-state index contributed by atoms with van der Waals surface area (Å²) in [6, 6.07) is 11.8. The van der Waals surface area contributed by atoms with Crippen LogP contribution in [0.5, 0.6) is 0 Å². The number of rotatable bonds is 4. The van der Waals surface area contributed by atoms with Gasteiger partial charge < -0.3 is 10.1 Å². The quantitative estimate of drug-likeness (QED) is 0.597. The molecule has 3 aromatic rings. The Kier molecular flexibility index (Phi) is 4.32. The lowest BCUT2D eigenvalue weighted by Gasteiger charge is -2.15. The van der Waals surface area contributed by atoms with Gasteiger partial charge in [0.05, 0.1) is 16.5 Å². The van der Waals surface area contributed by atoms with Crippen molar-refractivity contribution in [2.75, 3.05) is 0 Å². The number of hydrogen-bond acceptors (Lipinski definition) is 7. The second-order valence-corrected chi connectivity index (χ2v) is 7.87. The second kappa shape index (κ2) is 6.69. The number of carbonyl (C=O) groups excluding carboxylic acids is 1. The van der Waals surface area contributed by atoms with Crippen molar-refractivity contribution in [1.82, 2.24) is 25.9 Å². The summed E-state index contributed by atoms with van der Waals surface area (Å²) in [6.45, 7) is 1.85. The number of nitrogens with zero attached hydrogens (tertiary/aromatic N) is 3. The van der Waals surface area contributed by atoms with Gasteiger partial charge >= 0.3 is 6.09 Å². The van der Waals surface area contributed by atoms with Gasteiger partial charge in [0, 0.05) is 0 Å². The average Bonchev–Trinajstić information content (AvgIpc) is 3.30. The molecule has 1 aromatic heterocycles. The number of cyclic esters (lactones) is 1. The van der Waals surface area contributed by atoms with E-state index in [1.165, 1.54) is 6.07 Å². The van der Waals surface area contributed by atoms with Gasteiger partial charge in [0.2, 0.25) is 15.8 Å². The van der Waals surface area contributed by atoms with Crippen molar-refractivity contribution in [3.8, 4) is 22.5 Å². The maximum Gasteiger partial charge on any atom is 0.408 e. The molecule has 0 bridgehead atoms. The molecule has 1 fully saturated rings. The zero-order valence-electron chi connectivity index (χ0n) is 14.7. The Morgan fingerprint density at radius 1 is 1.14 bits per heavy atom. The first-order chi connectivity index (χ1) is 13.3. The van der Waals surface area contributed by atoms with Gasteiger partial charge in [-0.15, -0.1) is 10.2 Å². The number of tetrazole rings is 1. The van der Waals surface area contributed by atoms with E-state index in [1.54, 1.807) is 24.3 Å². The number of hydrogen-bond donors (Lipinski definition) is 3. The zero-order valence-corrected chi connectivity index (χ0v) is 15.5. The van der Waals surface area contributed by atoms with Crippen molar-refractivity contribution in [1.29, 1.82) is 0 Å². The van der Waals surface area contributed by atoms with Crippen molar-refractivity contribution in [2.45, 2.75) is 24.0 Å². The van der Waals surface area contributed by atoms with Crippen LogP contribution in [0.3, 0.4) is 0 Å². The molecule has 1 saturated heterocycles. The normalized spacial score (nSPS) is 19.3. The molecule has 4 N–H and O–H groups in total. The van der Waals surface area contributed by atoms with Crippen molar-refractivity contribution in [2.24, 2.45) is 5.14 Å². The molecule has 0 radical (unpaired) electrons. The second-order valence-electron chi connectivity index (χ2n) is 6.34. The standard InChI is InChI=1S/C17H16N6O4S/c1-9-15(27-17(24)19-9)11-7-5-10(6-8-11)12-3-2-4-13(28(18,25)26)14(12)16-20-22-23-21-16/h2-9,15H,1H3,(H,19,24)(H2,18,25,26)(H,20,21,22,23). The first kappa shape index (κ1) is 18.1. The Hall–Kier alpha value is -3.31. The molecule has 0 aliphatic carbocycles. The van der Waals surface area contributed by atoms with E-state index in [1.807, 2.05) is 19.1 Å². The molecule has 0 saturated carbocycles. The fraction of sp³-hybridized carbons (Fsp3) is 0.176. The highest BCUT2D eigenvalue weighted by molar-refractivity contribution is 7.89. The summed E-state index contributed by atoms with van der Waals surface area (Å²) in [5.41, 5.74) is 2.38. The molecule has 2 unspecified atom stereocenters. The summed E-state index contributed by atoms with van der Waals surface area (Å²) in [4.78, 5) is 11.3. The van der Waals surface area contributed by atoms with Gasteiger partial charge in [-0.2, -0.15) is 5.21 Å². The van der Waals surface area contributed by atoms with Crippen LogP contribution in [0.15, 0.2) is 47.4 Å². The van der Waals surface area contributed by atoms with Gasteiger partial charge in [-0.05, 0) is 34.9 Å². The molecule has 2 atom stereocenters. The number of sulfonamides is 1. The molecule has 28 heavy (non-hydrogen) atoms. The Bertz CT molecular complexity index is 1130. The number of H-pyrrole nitrogens is 1. The van der Waals surface area contributed by atoms with Crippen LogP contribution < -0.4 is 10.5 Å². The van der Waals surface area contributed by atoms with E-state index in [2.05, 4.69) is 25.9 Å². The molecule has 10 nitrogen and oxygen atoms in total. The van der Waals surface area contributed by atoms with Crippen LogP contribution in [-0.4, -0.2) is 41.2 Å². The fourth-order valence-corrected chi connectivity index (χ4v) is 3.98. The van der Waals surface area contributed by atoms with E-state index < -0.39 is 22.2 Å². The number of benzene rings is 2. The van der Waals surface area contributed by atoms with E-state index in [9.17, 15) is 13.2 Å². The lowest BCUT2D eigenvalue weighted by molar-refractivity contribution is 0.134. The SMILES string of the molecule is CC1NC(=O)OC1c1ccc(-c2cccc(S(N)(=O)=O)c2-c2nn[nH]n2)cc1. The third-order valence-electron chi connectivity index (χ3n) is 4.49.